The van der Waals surface area contributed by atoms with Crippen molar-refractivity contribution in [2.75, 3.05) is 6.61 Å². The van der Waals surface area contributed by atoms with E-state index in [-0.39, 0.29) is 12.3 Å². The molecule has 1 amide bonds. The zero-order valence-electron chi connectivity index (χ0n) is 10.8. The Labute approximate surface area is 125 Å². The summed E-state index contributed by atoms with van der Waals surface area (Å²) in [4.78, 5) is 23.2. The predicted molar refractivity (Wildman–Crippen MR) is 76.4 cm³/mol. The highest BCUT2D eigenvalue weighted by Gasteiger charge is 2.28. The Kier molecular flexibility index (Phi) is 5.14. The molecule has 0 radical (unpaired) electrons. The lowest BCUT2D eigenvalue weighted by Gasteiger charge is -2.17. The van der Waals surface area contributed by atoms with Crippen LogP contribution in [0.3, 0.4) is 0 Å². The van der Waals surface area contributed by atoms with Gasteiger partial charge >= 0.3 is 5.97 Å². The van der Waals surface area contributed by atoms with Crippen LogP contribution in [-0.2, 0) is 20.7 Å². The van der Waals surface area contributed by atoms with Crippen LogP contribution >= 0.6 is 15.9 Å². The van der Waals surface area contributed by atoms with Gasteiger partial charge in [-0.25, -0.2) is 4.79 Å². The molecule has 1 heterocycles. The lowest BCUT2D eigenvalue weighted by Crippen LogP contribution is -2.46. The molecule has 0 bridgehead atoms. The van der Waals surface area contributed by atoms with Crippen LogP contribution in [0, 0.1) is 0 Å². The highest BCUT2D eigenvalue weighted by Crippen LogP contribution is 2.15. The van der Waals surface area contributed by atoms with Gasteiger partial charge in [-0.2, -0.15) is 0 Å². The summed E-state index contributed by atoms with van der Waals surface area (Å²) in [7, 11) is 0. The molecule has 5 nitrogen and oxygen atoms in total. The molecule has 0 unspecified atom stereocenters. The van der Waals surface area contributed by atoms with Crippen LogP contribution in [-0.4, -0.2) is 35.7 Å². The minimum atomic E-state index is -1.05. The standard InChI is InChI=1S/C14H16BrNO4/c15-10-4-1-3-9(7-10)8-11(14(18)19)16-13(17)12-5-2-6-20-12/h1,3-4,7,11-12H,2,5-6,8H2,(H,16,17)(H,18,19)/t11-,12+/m1/s1. The molecule has 2 N–H and O–H groups in total. The van der Waals surface area contributed by atoms with E-state index < -0.39 is 18.1 Å². The third-order valence-corrected chi connectivity index (χ3v) is 3.66. The number of ether oxygens (including phenoxy) is 1. The molecule has 2 atom stereocenters. The topological polar surface area (TPSA) is 75.6 Å². The van der Waals surface area contributed by atoms with Crippen molar-refractivity contribution >= 4 is 27.8 Å². The second kappa shape index (κ2) is 6.85. The highest BCUT2D eigenvalue weighted by molar-refractivity contribution is 9.10. The van der Waals surface area contributed by atoms with Crippen molar-refractivity contribution in [3.8, 4) is 0 Å². The molecule has 1 saturated heterocycles. The van der Waals surface area contributed by atoms with Crippen molar-refractivity contribution in [1.29, 1.82) is 0 Å². The first kappa shape index (κ1) is 15.0. The lowest BCUT2D eigenvalue weighted by molar-refractivity contribution is -0.143. The second-order valence-corrected chi connectivity index (χ2v) is 5.65. The molecule has 0 aromatic heterocycles. The van der Waals surface area contributed by atoms with Crippen LogP contribution in [0.5, 0.6) is 0 Å². The Hall–Kier alpha value is -1.40. The van der Waals surface area contributed by atoms with Gasteiger partial charge in [0, 0.05) is 17.5 Å². The summed E-state index contributed by atoms with van der Waals surface area (Å²) < 4.78 is 6.13. The number of hydrogen-bond donors (Lipinski definition) is 2. The van der Waals surface area contributed by atoms with E-state index in [2.05, 4.69) is 21.2 Å². The van der Waals surface area contributed by atoms with E-state index in [0.29, 0.717) is 13.0 Å². The summed E-state index contributed by atoms with van der Waals surface area (Å²) in [5, 5.41) is 11.8. The molecule has 1 aromatic carbocycles. The number of carbonyl (C=O) groups is 2. The Bertz CT molecular complexity index is 500. The molecular formula is C14H16BrNO4. The maximum atomic E-state index is 11.9. The van der Waals surface area contributed by atoms with Gasteiger partial charge < -0.3 is 15.2 Å². The quantitative estimate of drug-likeness (QED) is 0.855. The van der Waals surface area contributed by atoms with E-state index in [0.717, 1.165) is 16.5 Å². The normalized spacial score (nSPS) is 19.6. The number of hydrogen-bond acceptors (Lipinski definition) is 3. The fraction of sp³-hybridized carbons (Fsp3) is 0.429. The lowest BCUT2D eigenvalue weighted by atomic mass is 10.1. The smallest absolute Gasteiger partial charge is 0.326 e. The van der Waals surface area contributed by atoms with E-state index in [1.807, 2.05) is 24.3 Å². The summed E-state index contributed by atoms with van der Waals surface area (Å²) in [5.41, 5.74) is 0.847. The molecule has 108 valence electrons. The molecular weight excluding hydrogens is 326 g/mol. The first-order chi connectivity index (χ1) is 9.56. The largest absolute Gasteiger partial charge is 0.480 e. The molecule has 0 aliphatic carbocycles. The molecule has 20 heavy (non-hydrogen) atoms. The average Bonchev–Trinajstić information content (AvgIpc) is 2.91. The van der Waals surface area contributed by atoms with E-state index in [9.17, 15) is 14.7 Å². The summed E-state index contributed by atoms with van der Waals surface area (Å²) >= 11 is 3.34. The van der Waals surface area contributed by atoms with Crippen molar-refractivity contribution in [3.05, 3.63) is 34.3 Å². The van der Waals surface area contributed by atoms with Crippen LogP contribution in [0.25, 0.3) is 0 Å². The molecule has 6 heteroatoms. The van der Waals surface area contributed by atoms with Crippen LogP contribution in [0.1, 0.15) is 18.4 Å². The van der Waals surface area contributed by atoms with Crippen LogP contribution in [0.15, 0.2) is 28.7 Å². The summed E-state index contributed by atoms with van der Waals surface area (Å²) in [6.07, 6.45) is 1.21. The predicted octanol–water partition coefficient (Wildman–Crippen LogP) is 1.74. The summed E-state index contributed by atoms with van der Waals surface area (Å²) in [5.74, 6) is -1.39. The zero-order valence-corrected chi connectivity index (χ0v) is 12.4. The fourth-order valence-corrected chi connectivity index (χ4v) is 2.60. The number of aliphatic carboxylic acids is 1. The van der Waals surface area contributed by atoms with Gasteiger partial charge in [-0.1, -0.05) is 28.1 Å². The number of rotatable bonds is 5. The van der Waals surface area contributed by atoms with Gasteiger partial charge in [0.05, 0.1) is 0 Å². The van der Waals surface area contributed by atoms with Crippen molar-refractivity contribution < 1.29 is 19.4 Å². The molecule has 1 aliphatic heterocycles. The van der Waals surface area contributed by atoms with Gasteiger partial charge in [0.2, 0.25) is 5.91 Å². The number of carbonyl (C=O) groups excluding carboxylic acids is 1. The third-order valence-electron chi connectivity index (χ3n) is 3.17. The second-order valence-electron chi connectivity index (χ2n) is 4.74. The minimum Gasteiger partial charge on any atom is -0.480 e. The SMILES string of the molecule is O=C(N[C@H](Cc1cccc(Br)c1)C(=O)O)[C@@H]1CCCO1. The van der Waals surface area contributed by atoms with Crippen molar-refractivity contribution in [3.63, 3.8) is 0 Å². The van der Waals surface area contributed by atoms with E-state index in [1.165, 1.54) is 0 Å². The van der Waals surface area contributed by atoms with Gasteiger partial charge in [0.1, 0.15) is 12.1 Å². The van der Waals surface area contributed by atoms with Gasteiger partial charge in [-0.3, -0.25) is 4.79 Å². The number of carboxylic acids is 1. The number of benzene rings is 1. The van der Waals surface area contributed by atoms with Crippen molar-refractivity contribution in [2.24, 2.45) is 0 Å². The highest BCUT2D eigenvalue weighted by atomic mass is 79.9. The Morgan fingerprint density at radius 2 is 2.30 bits per heavy atom. The molecule has 1 fully saturated rings. The Balaban J connectivity index is 2.00. The van der Waals surface area contributed by atoms with E-state index in [4.69, 9.17) is 4.74 Å². The maximum absolute atomic E-state index is 11.9. The van der Waals surface area contributed by atoms with Crippen molar-refractivity contribution in [1.82, 2.24) is 5.32 Å². The third kappa shape index (κ3) is 4.05. The molecule has 0 spiro atoms. The van der Waals surface area contributed by atoms with Gasteiger partial charge in [0.15, 0.2) is 0 Å². The van der Waals surface area contributed by atoms with E-state index >= 15 is 0 Å². The minimum absolute atomic E-state index is 0.243. The Morgan fingerprint density at radius 3 is 2.90 bits per heavy atom. The zero-order chi connectivity index (χ0) is 14.5. The van der Waals surface area contributed by atoms with Crippen molar-refractivity contribution in [2.45, 2.75) is 31.4 Å². The number of carboxylic acid groups (broad SMARTS) is 1. The van der Waals surface area contributed by atoms with Gasteiger partial charge in [-0.15, -0.1) is 0 Å². The first-order valence-electron chi connectivity index (χ1n) is 6.45. The summed E-state index contributed by atoms with van der Waals surface area (Å²) in [6, 6.07) is 6.43. The monoisotopic (exact) mass is 341 g/mol. The Morgan fingerprint density at radius 1 is 1.50 bits per heavy atom. The molecule has 1 aromatic rings. The summed E-state index contributed by atoms with van der Waals surface area (Å²) in [6.45, 7) is 0.557. The average molecular weight is 342 g/mol. The van der Waals surface area contributed by atoms with Gasteiger partial charge in [-0.05, 0) is 30.5 Å². The number of halogens is 1. The molecule has 2 rings (SSSR count). The first-order valence-corrected chi connectivity index (χ1v) is 7.25. The number of nitrogens with one attached hydrogen (secondary N) is 1. The van der Waals surface area contributed by atoms with Crippen LogP contribution in [0.4, 0.5) is 0 Å². The van der Waals surface area contributed by atoms with Crippen LogP contribution < -0.4 is 5.32 Å². The van der Waals surface area contributed by atoms with Gasteiger partial charge in [0.25, 0.3) is 0 Å². The maximum Gasteiger partial charge on any atom is 0.326 e. The van der Waals surface area contributed by atoms with Crippen LogP contribution in [0.2, 0.25) is 0 Å². The van der Waals surface area contributed by atoms with E-state index in [1.54, 1.807) is 0 Å². The molecule has 0 saturated carbocycles. The number of amides is 1. The fourth-order valence-electron chi connectivity index (χ4n) is 2.15. The molecule has 1 aliphatic rings.